The molecule has 0 aromatic heterocycles. The second-order valence-corrected chi connectivity index (χ2v) is 13.9. The smallest absolute Gasteiger partial charge is 0.374 e. The Morgan fingerprint density at radius 1 is 0.556 bits per heavy atom. The summed E-state index contributed by atoms with van der Waals surface area (Å²) in [6.07, 6.45) is 0. The third-order valence-corrected chi connectivity index (χ3v) is 11.0. The van der Waals surface area contributed by atoms with E-state index in [0.717, 1.165) is 0 Å². The molecule has 0 spiro atoms. The van der Waals surface area contributed by atoms with E-state index in [0.29, 0.717) is 45.2 Å². The SMILES string of the molecule is CCO[Si](OCC)(OCC)C(C)(C)C.CCO[Si](OCC)(OCC)C(C)C. The fourth-order valence-corrected chi connectivity index (χ4v) is 7.72. The maximum absolute atomic E-state index is 5.77. The molecule has 0 aliphatic carbocycles. The zero-order chi connectivity index (χ0) is 21.6. The Morgan fingerprint density at radius 3 is 0.963 bits per heavy atom. The van der Waals surface area contributed by atoms with Crippen LogP contribution in [0.2, 0.25) is 10.6 Å². The molecule has 27 heavy (non-hydrogen) atoms. The lowest BCUT2D eigenvalue weighted by molar-refractivity contribution is 0.0508. The molecule has 0 saturated carbocycles. The summed E-state index contributed by atoms with van der Waals surface area (Å²) in [5, 5.41) is -0.0605. The lowest BCUT2D eigenvalue weighted by Gasteiger charge is -2.38. The summed E-state index contributed by atoms with van der Waals surface area (Å²) in [6.45, 7) is 26.3. The fourth-order valence-electron chi connectivity index (χ4n) is 2.57. The molecule has 0 atom stereocenters. The highest BCUT2D eigenvalue weighted by Crippen LogP contribution is 2.38. The maximum Gasteiger partial charge on any atom is 0.506 e. The van der Waals surface area contributed by atoms with E-state index in [1.54, 1.807) is 0 Å². The van der Waals surface area contributed by atoms with Crippen molar-refractivity contribution in [3.8, 4) is 0 Å². The van der Waals surface area contributed by atoms with E-state index in [4.69, 9.17) is 26.6 Å². The quantitative estimate of drug-likeness (QED) is 0.373. The molecule has 0 rings (SSSR count). The van der Waals surface area contributed by atoms with Crippen LogP contribution in [0.3, 0.4) is 0 Å². The Hall–Kier alpha value is 0.194. The minimum absolute atomic E-state index is 0.0605. The summed E-state index contributed by atoms with van der Waals surface area (Å²) in [5.41, 5.74) is 0.326. The molecule has 0 heterocycles. The summed E-state index contributed by atoms with van der Waals surface area (Å²) in [4.78, 5) is 0. The van der Waals surface area contributed by atoms with Crippen LogP contribution < -0.4 is 0 Å². The predicted octanol–water partition coefficient (Wildman–Crippen LogP) is 5.28. The largest absolute Gasteiger partial charge is 0.506 e. The predicted molar refractivity (Wildman–Crippen MR) is 116 cm³/mol. The summed E-state index contributed by atoms with van der Waals surface area (Å²) < 4.78 is 34.3. The Morgan fingerprint density at radius 2 is 0.815 bits per heavy atom. The Labute approximate surface area is 170 Å². The molecule has 0 saturated heterocycles. The molecule has 0 amide bonds. The van der Waals surface area contributed by atoms with Gasteiger partial charge in [0, 0.05) is 50.2 Å². The Bertz CT molecular complexity index is 314. The van der Waals surface area contributed by atoms with Crippen molar-refractivity contribution in [3.63, 3.8) is 0 Å². The lowest BCUT2D eigenvalue weighted by Crippen LogP contribution is -2.53. The van der Waals surface area contributed by atoms with Gasteiger partial charge in [-0.25, -0.2) is 0 Å². The first-order valence-corrected chi connectivity index (χ1v) is 13.9. The summed E-state index contributed by atoms with van der Waals surface area (Å²) in [5.74, 6) is 0. The van der Waals surface area contributed by atoms with Crippen molar-refractivity contribution >= 4 is 17.6 Å². The van der Waals surface area contributed by atoms with Crippen LogP contribution in [0.5, 0.6) is 0 Å². The van der Waals surface area contributed by atoms with Crippen LogP contribution in [0.15, 0.2) is 0 Å². The van der Waals surface area contributed by atoms with Gasteiger partial charge in [0.05, 0.1) is 0 Å². The van der Waals surface area contributed by atoms with Crippen LogP contribution in [0.25, 0.3) is 0 Å². The van der Waals surface area contributed by atoms with Gasteiger partial charge >= 0.3 is 17.6 Å². The minimum Gasteiger partial charge on any atom is -0.374 e. The van der Waals surface area contributed by atoms with Crippen molar-refractivity contribution in [2.45, 2.75) is 86.7 Å². The highest BCUT2D eigenvalue weighted by atomic mass is 28.4. The van der Waals surface area contributed by atoms with E-state index >= 15 is 0 Å². The van der Waals surface area contributed by atoms with Crippen molar-refractivity contribution in [2.75, 3.05) is 39.6 Å². The van der Waals surface area contributed by atoms with Crippen LogP contribution >= 0.6 is 0 Å². The molecule has 0 aromatic carbocycles. The zero-order valence-corrected chi connectivity index (χ0v) is 21.8. The second kappa shape index (κ2) is 15.1. The van der Waals surface area contributed by atoms with Crippen molar-refractivity contribution in [2.24, 2.45) is 0 Å². The molecule has 6 nitrogen and oxygen atoms in total. The van der Waals surface area contributed by atoms with Crippen molar-refractivity contribution in [1.82, 2.24) is 0 Å². The molecule has 0 aromatic rings. The van der Waals surface area contributed by atoms with Gasteiger partial charge in [-0.05, 0) is 41.5 Å². The van der Waals surface area contributed by atoms with Crippen molar-refractivity contribution in [3.05, 3.63) is 0 Å². The molecule has 0 aliphatic heterocycles. The van der Waals surface area contributed by atoms with Gasteiger partial charge in [0.25, 0.3) is 0 Å². The normalized spacial score (nSPS) is 12.9. The number of hydrogen-bond donors (Lipinski definition) is 0. The summed E-state index contributed by atoms with van der Waals surface area (Å²) in [7, 11) is -4.87. The van der Waals surface area contributed by atoms with Gasteiger partial charge in [-0.2, -0.15) is 0 Å². The molecule has 0 unspecified atom stereocenters. The molecule has 166 valence electrons. The van der Waals surface area contributed by atoms with Crippen molar-refractivity contribution in [1.29, 1.82) is 0 Å². The van der Waals surface area contributed by atoms with Gasteiger partial charge in [0.1, 0.15) is 0 Å². The molecule has 0 fully saturated rings. The van der Waals surface area contributed by atoms with Crippen LogP contribution in [-0.4, -0.2) is 57.3 Å². The van der Waals surface area contributed by atoms with E-state index in [1.807, 2.05) is 41.5 Å². The van der Waals surface area contributed by atoms with Crippen LogP contribution in [0.4, 0.5) is 0 Å². The molecule has 8 heteroatoms. The Balaban J connectivity index is 0. The third kappa shape index (κ3) is 9.98. The third-order valence-electron chi connectivity index (χ3n) is 3.67. The molecular weight excluding hydrogens is 380 g/mol. The first kappa shape index (κ1) is 29.4. The van der Waals surface area contributed by atoms with Gasteiger partial charge in [-0.1, -0.05) is 34.6 Å². The average molecular weight is 427 g/mol. The first-order chi connectivity index (χ1) is 12.6. The van der Waals surface area contributed by atoms with Gasteiger partial charge in [0.15, 0.2) is 0 Å². The van der Waals surface area contributed by atoms with Crippen LogP contribution in [-0.2, 0) is 26.6 Å². The average Bonchev–Trinajstić information content (AvgIpc) is 2.55. The van der Waals surface area contributed by atoms with Gasteiger partial charge in [0.2, 0.25) is 0 Å². The number of hydrogen-bond acceptors (Lipinski definition) is 6. The van der Waals surface area contributed by atoms with E-state index in [-0.39, 0.29) is 5.04 Å². The van der Waals surface area contributed by atoms with E-state index < -0.39 is 17.6 Å². The highest BCUT2D eigenvalue weighted by molar-refractivity contribution is 6.64. The van der Waals surface area contributed by atoms with Crippen LogP contribution in [0.1, 0.15) is 76.2 Å². The lowest BCUT2D eigenvalue weighted by atomic mass is 10.3. The molecule has 0 radical (unpaired) electrons. The topological polar surface area (TPSA) is 55.4 Å². The minimum atomic E-state index is -2.50. The maximum atomic E-state index is 5.77. The molecule has 0 bridgehead atoms. The Kier molecular flexibility index (Phi) is 16.4. The van der Waals surface area contributed by atoms with Crippen LogP contribution in [0, 0.1) is 0 Å². The summed E-state index contributed by atoms with van der Waals surface area (Å²) >= 11 is 0. The van der Waals surface area contributed by atoms with E-state index in [1.165, 1.54) is 0 Å². The first-order valence-electron chi connectivity index (χ1n) is 10.4. The van der Waals surface area contributed by atoms with Crippen molar-refractivity contribution < 1.29 is 26.6 Å². The second-order valence-electron chi connectivity index (χ2n) is 7.16. The van der Waals surface area contributed by atoms with Gasteiger partial charge in [-0.15, -0.1) is 0 Å². The van der Waals surface area contributed by atoms with E-state index in [9.17, 15) is 0 Å². The fraction of sp³-hybridized carbons (Fsp3) is 1.00. The van der Waals surface area contributed by atoms with Gasteiger partial charge < -0.3 is 26.6 Å². The molecule has 0 N–H and O–H groups in total. The van der Waals surface area contributed by atoms with E-state index in [2.05, 4.69) is 34.6 Å². The van der Waals surface area contributed by atoms with Gasteiger partial charge in [-0.3, -0.25) is 0 Å². The zero-order valence-electron chi connectivity index (χ0n) is 19.8. The number of rotatable bonds is 13. The molecular formula is C19H46O6Si2. The highest BCUT2D eigenvalue weighted by Gasteiger charge is 2.52. The monoisotopic (exact) mass is 426 g/mol. The molecule has 0 aliphatic rings. The standard InChI is InChI=1S/C10H24O3Si.C9H22O3Si/c1-7-11-14(12-8-2,13-9-3)10(4,5)6;1-6-10-13(9(4)5,11-7-2)12-8-3/h7-9H2,1-6H3;9H,6-8H2,1-5H3. The summed E-state index contributed by atoms with van der Waals surface area (Å²) in [6, 6.07) is 0.